The summed E-state index contributed by atoms with van der Waals surface area (Å²) in [6.07, 6.45) is -1.57. The SMILES string of the molecule is Cn1cnnc1-c1ccccc1NC(=O)C(F)F. The number of benzene rings is 1. The molecule has 0 saturated carbocycles. The smallest absolute Gasteiger partial charge is 0.315 e. The van der Waals surface area contributed by atoms with E-state index in [1.54, 1.807) is 29.8 Å². The Balaban J connectivity index is 2.38. The molecule has 18 heavy (non-hydrogen) atoms. The molecular formula is C11H10F2N4O. The van der Waals surface area contributed by atoms with E-state index in [9.17, 15) is 13.6 Å². The van der Waals surface area contributed by atoms with Crippen LogP contribution in [0.25, 0.3) is 11.4 Å². The van der Waals surface area contributed by atoms with E-state index < -0.39 is 12.3 Å². The predicted octanol–water partition coefficient (Wildman–Crippen LogP) is 1.69. The number of nitrogens with one attached hydrogen (secondary N) is 1. The molecule has 0 fully saturated rings. The number of anilines is 1. The molecule has 0 unspecified atom stereocenters. The number of rotatable bonds is 3. The van der Waals surface area contributed by atoms with Gasteiger partial charge in [0.05, 0.1) is 5.69 Å². The van der Waals surface area contributed by atoms with Crippen LogP contribution >= 0.6 is 0 Å². The molecule has 1 N–H and O–H groups in total. The van der Waals surface area contributed by atoms with Crippen molar-refractivity contribution in [1.29, 1.82) is 0 Å². The molecule has 2 rings (SSSR count). The maximum absolute atomic E-state index is 12.2. The summed E-state index contributed by atoms with van der Waals surface area (Å²) in [6.45, 7) is 0. The summed E-state index contributed by atoms with van der Waals surface area (Å²) in [4.78, 5) is 11.0. The van der Waals surface area contributed by atoms with Crippen LogP contribution in [0.2, 0.25) is 0 Å². The molecule has 1 heterocycles. The molecule has 1 aromatic carbocycles. The highest BCUT2D eigenvalue weighted by Gasteiger charge is 2.18. The fourth-order valence-electron chi connectivity index (χ4n) is 1.50. The Bertz CT molecular complexity index is 568. The number of amides is 1. The second-order valence-electron chi connectivity index (χ2n) is 3.60. The van der Waals surface area contributed by atoms with Gasteiger partial charge in [-0.05, 0) is 12.1 Å². The van der Waals surface area contributed by atoms with E-state index in [2.05, 4.69) is 15.5 Å². The van der Waals surface area contributed by atoms with Crippen molar-refractivity contribution in [3.8, 4) is 11.4 Å². The van der Waals surface area contributed by atoms with Gasteiger partial charge in [-0.3, -0.25) is 4.79 Å². The summed E-state index contributed by atoms with van der Waals surface area (Å²) >= 11 is 0. The molecule has 0 spiro atoms. The maximum atomic E-state index is 12.2. The predicted molar refractivity (Wildman–Crippen MR) is 61.1 cm³/mol. The van der Waals surface area contributed by atoms with E-state index in [4.69, 9.17) is 0 Å². The van der Waals surface area contributed by atoms with Gasteiger partial charge in [0.2, 0.25) is 0 Å². The van der Waals surface area contributed by atoms with Gasteiger partial charge in [0.1, 0.15) is 6.33 Å². The molecular weight excluding hydrogens is 242 g/mol. The number of nitrogens with zero attached hydrogens (tertiary/aromatic N) is 3. The summed E-state index contributed by atoms with van der Waals surface area (Å²) < 4.78 is 26.1. The zero-order valence-corrected chi connectivity index (χ0v) is 9.47. The topological polar surface area (TPSA) is 59.8 Å². The summed E-state index contributed by atoms with van der Waals surface area (Å²) in [5, 5.41) is 9.73. The van der Waals surface area contributed by atoms with Crippen molar-refractivity contribution in [2.24, 2.45) is 7.05 Å². The Labute approximate surface area is 101 Å². The first-order valence-corrected chi connectivity index (χ1v) is 5.12. The Morgan fingerprint density at radius 2 is 2.11 bits per heavy atom. The second kappa shape index (κ2) is 4.91. The monoisotopic (exact) mass is 252 g/mol. The largest absolute Gasteiger partial charge is 0.320 e. The van der Waals surface area contributed by atoms with Crippen molar-refractivity contribution in [1.82, 2.24) is 14.8 Å². The van der Waals surface area contributed by atoms with Gasteiger partial charge in [-0.2, -0.15) is 8.78 Å². The highest BCUT2D eigenvalue weighted by atomic mass is 19.3. The Kier molecular flexibility index (Phi) is 3.31. The first-order valence-electron chi connectivity index (χ1n) is 5.12. The van der Waals surface area contributed by atoms with Crippen molar-refractivity contribution in [3.05, 3.63) is 30.6 Å². The highest BCUT2D eigenvalue weighted by Crippen LogP contribution is 2.25. The van der Waals surface area contributed by atoms with Gasteiger partial charge in [-0.15, -0.1) is 10.2 Å². The van der Waals surface area contributed by atoms with E-state index in [1.807, 2.05) is 0 Å². The molecule has 0 radical (unpaired) electrons. The molecule has 7 heteroatoms. The van der Waals surface area contributed by atoms with Crippen molar-refractivity contribution in [3.63, 3.8) is 0 Å². The third kappa shape index (κ3) is 2.34. The Hall–Kier alpha value is -2.31. The molecule has 1 aromatic heterocycles. The molecule has 2 aromatic rings. The van der Waals surface area contributed by atoms with Crippen LogP contribution in [0.1, 0.15) is 0 Å². The molecule has 0 atom stereocenters. The number of halogens is 2. The fraction of sp³-hybridized carbons (Fsp3) is 0.182. The van der Waals surface area contributed by atoms with Crippen LogP contribution in [-0.2, 0) is 11.8 Å². The van der Waals surface area contributed by atoms with Gasteiger partial charge >= 0.3 is 6.43 Å². The molecule has 0 aliphatic rings. The fourth-order valence-corrected chi connectivity index (χ4v) is 1.50. The number of carbonyl (C=O) groups is 1. The second-order valence-corrected chi connectivity index (χ2v) is 3.60. The molecule has 0 aliphatic heterocycles. The minimum Gasteiger partial charge on any atom is -0.320 e. The molecule has 1 amide bonds. The van der Waals surface area contributed by atoms with Crippen LogP contribution in [0.15, 0.2) is 30.6 Å². The lowest BCUT2D eigenvalue weighted by Crippen LogP contribution is -2.20. The average molecular weight is 252 g/mol. The van der Waals surface area contributed by atoms with E-state index in [0.29, 0.717) is 11.4 Å². The Morgan fingerprint density at radius 1 is 1.39 bits per heavy atom. The van der Waals surface area contributed by atoms with Crippen molar-refractivity contribution in [2.45, 2.75) is 6.43 Å². The number of carbonyl (C=O) groups excluding carboxylic acids is 1. The van der Waals surface area contributed by atoms with Gasteiger partial charge in [-0.25, -0.2) is 0 Å². The standard InChI is InChI=1S/C11H10F2N4O/c1-17-6-14-16-10(17)7-4-2-3-5-8(7)15-11(18)9(12)13/h2-6,9H,1H3,(H,15,18). The zero-order valence-electron chi connectivity index (χ0n) is 9.47. The van der Waals surface area contributed by atoms with Crippen LogP contribution in [-0.4, -0.2) is 27.1 Å². The minimum absolute atomic E-state index is 0.277. The Morgan fingerprint density at radius 3 is 2.72 bits per heavy atom. The van der Waals surface area contributed by atoms with E-state index >= 15 is 0 Å². The van der Waals surface area contributed by atoms with Crippen LogP contribution in [0, 0.1) is 0 Å². The summed E-state index contributed by atoms with van der Waals surface area (Å²) in [6, 6.07) is 6.57. The van der Waals surface area contributed by atoms with Crippen LogP contribution < -0.4 is 5.32 Å². The number of hydrogen-bond donors (Lipinski definition) is 1. The lowest BCUT2D eigenvalue weighted by Gasteiger charge is -2.09. The molecule has 0 aliphatic carbocycles. The lowest BCUT2D eigenvalue weighted by atomic mass is 10.1. The number of aromatic nitrogens is 3. The number of aryl methyl sites for hydroxylation is 1. The number of hydrogen-bond acceptors (Lipinski definition) is 3. The van der Waals surface area contributed by atoms with Gasteiger partial charge < -0.3 is 9.88 Å². The van der Waals surface area contributed by atoms with Gasteiger partial charge in [0, 0.05) is 12.6 Å². The van der Waals surface area contributed by atoms with Crippen LogP contribution in [0.4, 0.5) is 14.5 Å². The van der Waals surface area contributed by atoms with E-state index in [0.717, 1.165) is 0 Å². The van der Waals surface area contributed by atoms with Gasteiger partial charge in [0.15, 0.2) is 5.82 Å². The first-order chi connectivity index (χ1) is 8.59. The zero-order chi connectivity index (χ0) is 13.1. The summed E-state index contributed by atoms with van der Waals surface area (Å²) in [5.74, 6) is -0.857. The molecule has 0 saturated heterocycles. The average Bonchev–Trinajstić information content (AvgIpc) is 2.76. The quantitative estimate of drug-likeness (QED) is 0.904. The number of para-hydroxylation sites is 1. The third-order valence-electron chi connectivity index (χ3n) is 2.34. The third-order valence-corrected chi connectivity index (χ3v) is 2.34. The first kappa shape index (κ1) is 12.2. The van der Waals surface area contributed by atoms with Crippen molar-refractivity contribution in [2.75, 3.05) is 5.32 Å². The van der Waals surface area contributed by atoms with E-state index in [1.165, 1.54) is 12.4 Å². The van der Waals surface area contributed by atoms with Crippen LogP contribution in [0.3, 0.4) is 0 Å². The van der Waals surface area contributed by atoms with Gasteiger partial charge in [-0.1, -0.05) is 12.1 Å². The van der Waals surface area contributed by atoms with Crippen molar-refractivity contribution < 1.29 is 13.6 Å². The summed E-state index contributed by atoms with van der Waals surface area (Å²) in [5.41, 5.74) is 0.811. The molecule has 5 nitrogen and oxygen atoms in total. The maximum Gasteiger partial charge on any atom is 0.315 e. The molecule has 94 valence electrons. The van der Waals surface area contributed by atoms with Gasteiger partial charge in [0.25, 0.3) is 5.91 Å². The highest BCUT2D eigenvalue weighted by molar-refractivity contribution is 5.96. The van der Waals surface area contributed by atoms with Crippen molar-refractivity contribution >= 4 is 11.6 Å². The molecule has 0 bridgehead atoms. The van der Waals surface area contributed by atoms with E-state index in [-0.39, 0.29) is 5.69 Å². The van der Waals surface area contributed by atoms with Crippen LogP contribution in [0.5, 0.6) is 0 Å². The number of alkyl halides is 2. The normalized spacial score (nSPS) is 10.7. The minimum atomic E-state index is -3.06. The lowest BCUT2D eigenvalue weighted by molar-refractivity contribution is -0.126. The summed E-state index contributed by atoms with van der Waals surface area (Å²) in [7, 11) is 1.72.